The lowest BCUT2D eigenvalue weighted by molar-refractivity contribution is 0.203. The largest absolute Gasteiger partial charge is 0.396 e. The van der Waals surface area contributed by atoms with E-state index in [9.17, 15) is 5.11 Å². The van der Waals surface area contributed by atoms with Crippen LogP contribution in [0, 0.1) is 12.8 Å². The van der Waals surface area contributed by atoms with Crippen LogP contribution >= 0.6 is 0 Å². The van der Waals surface area contributed by atoms with Crippen LogP contribution in [0.2, 0.25) is 0 Å². The van der Waals surface area contributed by atoms with Gasteiger partial charge in [-0.05, 0) is 55.5 Å². The Morgan fingerprint density at radius 2 is 1.80 bits per heavy atom. The van der Waals surface area contributed by atoms with Crippen LogP contribution in [0.1, 0.15) is 24.2 Å². The van der Waals surface area contributed by atoms with Crippen LogP contribution in [-0.2, 0) is 6.54 Å². The third kappa shape index (κ3) is 3.57. The number of hydrogen-bond donors (Lipinski definition) is 2. The van der Waals surface area contributed by atoms with E-state index in [1.165, 1.54) is 11.3 Å². The molecule has 0 atom stereocenters. The van der Waals surface area contributed by atoms with Gasteiger partial charge < -0.3 is 15.3 Å². The summed E-state index contributed by atoms with van der Waals surface area (Å²) >= 11 is 0. The average molecular weight is 403 g/mol. The fourth-order valence-corrected chi connectivity index (χ4v) is 4.15. The molecule has 1 saturated heterocycles. The van der Waals surface area contributed by atoms with Gasteiger partial charge in [0.05, 0.1) is 5.52 Å². The maximum atomic E-state index is 9.32. The molecule has 0 aliphatic carbocycles. The highest BCUT2D eigenvalue weighted by Gasteiger charge is 2.18. The van der Waals surface area contributed by atoms with E-state index >= 15 is 0 Å². The Kier molecular flexibility index (Phi) is 4.96. The van der Waals surface area contributed by atoms with Gasteiger partial charge in [-0.3, -0.25) is 0 Å². The highest BCUT2D eigenvalue weighted by atomic mass is 16.3. The van der Waals surface area contributed by atoms with Crippen molar-refractivity contribution in [2.75, 3.05) is 29.9 Å². The standard InChI is InChI=1S/C23H26N6O/c1-16-25-22-20-4-2-3-5-21(20)26-23(29(22)27-16)24-14-17-6-8-19(9-7-17)28-12-10-18(15-30)11-13-28/h2-9,18,30H,10-15H2,1H3,(H,24,26). The Bertz CT molecular complexity index is 1160. The van der Waals surface area contributed by atoms with Gasteiger partial charge in [0.1, 0.15) is 5.82 Å². The van der Waals surface area contributed by atoms with Crippen molar-refractivity contribution < 1.29 is 5.11 Å². The Morgan fingerprint density at radius 1 is 1.03 bits per heavy atom. The molecule has 7 heteroatoms. The predicted octanol–water partition coefficient (Wildman–Crippen LogP) is 3.41. The third-order valence-corrected chi connectivity index (χ3v) is 5.91. The van der Waals surface area contributed by atoms with Crippen molar-refractivity contribution in [2.45, 2.75) is 26.3 Å². The number of aliphatic hydroxyl groups excluding tert-OH is 1. The normalized spacial score (nSPS) is 15.2. The first kappa shape index (κ1) is 18.8. The highest BCUT2D eigenvalue weighted by Crippen LogP contribution is 2.24. The van der Waals surface area contributed by atoms with E-state index in [1.54, 1.807) is 4.52 Å². The van der Waals surface area contributed by atoms with Gasteiger partial charge in [0.15, 0.2) is 5.65 Å². The Hall–Kier alpha value is -3.19. The van der Waals surface area contributed by atoms with Crippen LogP contribution in [0.3, 0.4) is 0 Å². The summed E-state index contributed by atoms with van der Waals surface area (Å²) < 4.78 is 1.79. The number of rotatable bonds is 5. The molecule has 2 aromatic heterocycles. The van der Waals surface area contributed by atoms with E-state index in [0.29, 0.717) is 25.0 Å². The van der Waals surface area contributed by atoms with Crippen LogP contribution < -0.4 is 10.2 Å². The number of nitrogens with zero attached hydrogens (tertiary/aromatic N) is 5. The van der Waals surface area contributed by atoms with Crippen molar-refractivity contribution in [3.63, 3.8) is 0 Å². The lowest BCUT2D eigenvalue weighted by Gasteiger charge is -2.33. The molecule has 1 fully saturated rings. The molecule has 7 nitrogen and oxygen atoms in total. The second-order valence-electron chi connectivity index (χ2n) is 7.98. The molecular weight excluding hydrogens is 376 g/mol. The van der Waals surface area contributed by atoms with Gasteiger partial charge >= 0.3 is 0 Å². The summed E-state index contributed by atoms with van der Waals surface area (Å²) in [4.78, 5) is 11.7. The number of nitrogens with one attached hydrogen (secondary N) is 1. The molecular formula is C23H26N6O. The summed E-state index contributed by atoms with van der Waals surface area (Å²) in [6.07, 6.45) is 2.11. The van der Waals surface area contributed by atoms with E-state index < -0.39 is 0 Å². The number of aliphatic hydroxyl groups is 1. The van der Waals surface area contributed by atoms with Gasteiger partial charge in [-0.25, -0.2) is 9.97 Å². The second-order valence-corrected chi connectivity index (χ2v) is 7.98. The van der Waals surface area contributed by atoms with Gasteiger partial charge in [-0.1, -0.05) is 24.3 Å². The molecule has 0 radical (unpaired) electrons. The number of piperidine rings is 1. The van der Waals surface area contributed by atoms with Crippen LogP contribution in [0.25, 0.3) is 16.6 Å². The molecule has 1 aliphatic heterocycles. The molecule has 30 heavy (non-hydrogen) atoms. The second kappa shape index (κ2) is 7.91. The minimum absolute atomic E-state index is 0.305. The minimum Gasteiger partial charge on any atom is -0.396 e. The molecule has 0 spiro atoms. The van der Waals surface area contributed by atoms with Crippen molar-refractivity contribution in [1.82, 2.24) is 19.6 Å². The average Bonchev–Trinajstić information content (AvgIpc) is 3.20. The van der Waals surface area contributed by atoms with E-state index in [4.69, 9.17) is 4.98 Å². The lowest BCUT2D eigenvalue weighted by atomic mass is 9.97. The van der Waals surface area contributed by atoms with E-state index in [1.807, 2.05) is 31.2 Å². The molecule has 154 valence electrons. The minimum atomic E-state index is 0.305. The fourth-order valence-electron chi connectivity index (χ4n) is 4.15. The number of para-hydroxylation sites is 1. The predicted molar refractivity (Wildman–Crippen MR) is 119 cm³/mol. The molecule has 1 aliphatic rings. The highest BCUT2D eigenvalue weighted by molar-refractivity contribution is 5.92. The molecule has 0 unspecified atom stereocenters. The Morgan fingerprint density at radius 3 is 2.57 bits per heavy atom. The molecule has 0 amide bonds. The number of fused-ring (bicyclic) bond motifs is 3. The van der Waals surface area contributed by atoms with Crippen molar-refractivity contribution in [3.05, 3.63) is 59.9 Å². The van der Waals surface area contributed by atoms with Crippen molar-refractivity contribution >= 4 is 28.2 Å². The molecule has 4 aromatic rings. The fraction of sp³-hybridized carbons (Fsp3) is 0.348. The number of anilines is 2. The summed E-state index contributed by atoms with van der Waals surface area (Å²) in [6.45, 7) is 4.88. The van der Waals surface area contributed by atoms with E-state index in [0.717, 1.165) is 48.3 Å². The number of aryl methyl sites for hydroxylation is 1. The van der Waals surface area contributed by atoms with Gasteiger partial charge in [0.2, 0.25) is 5.95 Å². The van der Waals surface area contributed by atoms with Gasteiger partial charge in [0, 0.05) is 37.3 Å². The summed E-state index contributed by atoms with van der Waals surface area (Å²) in [5, 5.41) is 18.3. The molecule has 5 rings (SSSR count). The lowest BCUT2D eigenvalue weighted by Crippen LogP contribution is -2.34. The maximum Gasteiger partial charge on any atom is 0.226 e. The van der Waals surface area contributed by atoms with Crippen molar-refractivity contribution in [1.29, 1.82) is 0 Å². The zero-order chi connectivity index (χ0) is 20.5. The maximum absolute atomic E-state index is 9.32. The summed E-state index contributed by atoms with van der Waals surface area (Å²) in [5.41, 5.74) is 4.15. The zero-order valence-corrected chi connectivity index (χ0v) is 17.1. The van der Waals surface area contributed by atoms with Gasteiger partial charge in [-0.2, -0.15) is 4.52 Å². The first-order valence-corrected chi connectivity index (χ1v) is 10.5. The summed E-state index contributed by atoms with van der Waals surface area (Å²) in [7, 11) is 0. The van der Waals surface area contributed by atoms with Gasteiger partial charge in [-0.15, -0.1) is 5.10 Å². The molecule has 0 bridgehead atoms. The smallest absolute Gasteiger partial charge is 0.226 e. The quantitative estimate of drug-likeness (QED) is 0.533. The number of hydrogen-bond acceptors (Lipinski definition) is 6. The van der Waals surface area contributed by atoms with Crippen molar-refractivity contribution in [2.24, 2.45) is 5.92 Å². The molecule has 2 aromatic carbocycles. The first-order chi connectivity index (χ1) is 14.7. The van der Waals surface area contributed by atoms with Crippen LogP contribution in [0.4, 0.5) is 11.6 Å². The number of benzene rings is 2. The Balaban J connectivity index is 1.33. The summed E-state index contributed by atoms with van der Waals surface area (Å²) in [6, 6.07) is 16.7. The molecule has 2 N–H and O–H groups in total. The van der Waals surface area contributed by atoms with Crippen LogP contribution in [0.15, 0.2) is 48.5 Å². The molecule has 0 saturated carbocycles. The SMILES string of the molecule is Cc1nc2c3ccccc3nc(NCc3ccc(N4CCC(CO)CC4)cc3)n2n1. The van der Waals surface area contributed by atoms with Crippen molar-refractivity contribution in [3.8, 4) is 0 Å². The van der Waals surface area contributed by atoms with Crippen LogP contribution in [-0.4, -0.2) is 44.4 Å². The Labute approximate surface area is 175 Å². The van der Waals surface area contributed by atoms with E-state index in [2.05, 4.69) is 44.6 Å². The number of aromatic nitrogens is 4. The van der Waals surface area contributed by atoms with Crippen LogP contribution in [0.5, 0.6) is 0 Å². The molecule has 3 heterocycles. The monoisotopic (exact) mass is 402 g/mol. The van der Waals surface area contributed by atoms with E-state index in [-0.39, 0.29) is 0 Å². The zero-order valence-electron chi connectivity index (χ0n) is 17.1. The topological polar surface area (TPSA) is 78.6 Å². The first-order valence-electron chi connectivity index (χ1n) is 10.5. The summed E-state index contributed by atoms with van der Waals surface area (Å²) in [5.74, 6) is 1.88. The van der Waals surface area contributed by atoms with Gasteiger partial charge in [0.25, 0.3) is 0 Å². The third-order valence-electron chi connectivity index (χ3n) is 5.91.